The van der Waals surface area contributed by atoms with Gasteiger partial charge in [0, 0.05) is 25.2 Å². The van der Waals surface area contributed by atoms with Crippen molar-refractivity contribution in [1.82, 2.24) is 15.0 Å². The Morgan fingerprint density at radius 2 is 1.96 bits per heavy atom. The summed E-state index contributed by atoms with van der Waals surface area (Å²) in [5, 5.41) is 6.64. The molecule has 4 heterocycles. The Labute approximate surface area is 150 Å². The highest BCUT2D eigenvalue weighted by molar-refractivity contribution is 5.85. The van der Waals surface area contributed by atoms with Crippen LogP contribution in [0.3, 0.4) is 0 Å². The van der Waals surface area contributed by atoms with Crippen LogP contribution < -0.4 is 15.5 Å². The average Bonchev–Trinajstić information content (AvgIpc) is 3.37. The van der Waals surface area contributed by atoms with E-state index in [0.717, 1.165) is 49.1 Å². The molecule has 8 heteroatoms. The summed E-state index contributed by atoms with van der Waals surface area (Å²) >= 11 is 0. The molecule has 134 valence electrons. The molecule has 0 amide bonds. The fourth-order valence-electron chi connectivity index (χ4n) is 3.01. The number of aromatic nitrogens is 3. The number of furan rings is 1. The van der Waals surface area contributed by atoms with Crippen molar-refractivity contribution in [2.45, 2.75) is 18.9 Å². The van der Waals surface area contributed by atoms with Crippen LogP contribution >= 0.6 is 0 Å². The van der Waals surface area contributed by atoms with Crippen LogP contribution in [-0.2, 0) is 4.74 Å². The minimum absolute atomic E-state index is 0.487. The Kier molecular flexibility index (Phi) is 3.82. The van der Waals surface area contributed by atoms with Crippen molar-refractivity contribution in [3.8, 4) is 0 Å². The van der Waals surface area contributed by atoms with Gasteiger partial charge < -0.3 is 24.7 Å². The number of hydrogen-bond acceptors (Lipinski definition) is 8. The van der Waals surface area contributed by atoms with Crippen molar-refractivity contribution < 1.29 is 9.15 Å². The number of morpholine rings is 1. The van der Waals surface area contributed by atoms with Crippen LogP contribution in [0.2, 0.25) is 0 Å². The molecule has 1 saturated carbocycles. The SMILES string of the molecule is c1cc2nc(Nc3ccc(N4CCOCC4)nc3)nc(NC3CC3)c2o1. The monoisotopic (exact) mass is 352 g/mol. The minimum Gasteiger partial charge on any atom is -0.459 e. The lowest BCUT2D eigenvalue weighted by molar-refractivity contribution is 0.122. The van der Waals surface area contributed by atoms with Gasteiger partial charge in [0.25, 0.3) is 0 Å². The number of nitrogens with zero attached hydrogens (tertiary/aromatic N) is 4. The van der Waals surface area contributed by atoms with Crippen molar-refractivity contribution in [3.63, 3.8) is 0 Å². The van der Waals surface area contributed by atoms with Gasteiger partial charge in [-0.1, -0.05) is 0 Å². The topological polar surface area (TPSA) is 88.3 Å². The highest BCUT2D eigenvalue weighted by atomic mass is 16.5. The summed E-state index contributed by atoms with van der Waals surface area (Å²) in [5.74, 6) is 2.23. The largest absolute Gasteiger partial charge is 0.459 e. The smallest absolute Gasteiger partial charge is 0.230 e. The fourth-order valence-corrected chi connectivity index (χ4v) is 3.01. The maximum atomic E-state index is 5.52. The second kappa shape index (κ2) is 6.45. The summed E-state index contributed by atoms with van der Waals surface area (Å²) in [4.78, 5) is 15.9. The molecule has 3 aromatic rings. The third-order valence-electron chi connectivity index (χ3n) is 4.56. The predicted octanol–water partition coefficient (Wildman–Crippen LogP) is 2.77. The molecule has 2 aliphatic rings. The summed E-state index contributed by atoms with van der Waals surface area (Å²) in [6.07, 6.45) is 5.78. The Hall–Kier alpha value is -2.87. The molecule has 3 aromatic heterocycles. The molecule has 0 radical (unpaired) electrons. The zero-order valence-corrected chi connectivity index (χ0v) is 14.3. The number of nitrogens with one attached hydrogen (secondary N) is 2. The van der Waals surface area contributed by atoms with Gasteiger partial charge in [0.05, 0.1) is 31.4 Å². The molecule has 5 rings (SSSR count). The highest BCUT2D eigenvalue weighted by Gasteiger charge is 2.23. The second-order valence-electron chi connectivity index (χ2n) is 6.58. The molecule has 0 atom stereocenters. The number of fused-ring (bicyclic) bond motifs is 1. The number of hydrogen-bond donors (Lipinski definition) is 2. The van der Waals surface area contributed by atoms with E-state index in [1.807, 2.05) is 24.4 Å². The van der Waals surface area contributed by atoms with Crippen LogP contribution in [0.15, 0.2) is 35.1 Å². The van der Waals surface area contributed by atoms with Gasteiger partial charge in [-0.2, -0.15) is 4.98 Å². The first-order valence-electron chi connectivity index (χ1n) is 8.93. The number of pyridine rings is 1. The lowest BCUT2D eigenvalue weighted by atomic mass is 10.3. The number of anilines is 4. The fraction of sp³-hybridized carbons (Fsp3) is 0.389. The molecule has 8 nitrogen and oxygen atoms in total. The summed E-state index contributed by atoms with van der Waals surface area (Å²) in [6.45, 7) is 3.24. The first-order valence-corrected chi connectivity index (χ1v) is 8.93. The standard InChI is InChI=1S/C18H20N6O2/c1-2-12(1)20-17-16-14(5-8-26-16)22-18(23-17)21-13-3-4-15(19-11-13)24-6-9-25-10-7-24/h3-5,8,11-12H,1-2,6-7,9-10H2,(H2,20,21,22,23). The Morgan fingerprint density at radius 1 is 1.08 bits per heavy atom. The third kappa shape index (κ3) is 3.15. The third-order valence-corrected chi connectivity index (χ3v) is 4.56. The van der Waals surface area contributed by atoms with Crippen LogP contribution in [0.5, 0.6) is 0 Å². The van der Waals surface area contributed by atoms with E-state index in [0.29, 0.717) is 17.6 Å². The van der Waals surface area contributed by atoms with Crippen molar-refractivity contribution in [1.29, 1.82) is 0 Å². The maximum Gasteiger partial charge on any atom is 0.230 e. The van der Waals surface area contributed by atoms with Gasteiger partial charge >= 0.3 is 0 Å². The van der Waals surface area contributed by atoms with Gasteiger partial charge in [-0.3, -0.25) is 0 Å². The molecule has 0 spiro atoms. The van der Waals surface area contributed by atoms with E-state index in [9.17, 15) is 0 Å². The predicted molar refractivity (Wildman–Crippen MR) is 99.0 cm³/mol. The molecule has 0 unspecified atom stereocenters. The summed E-state index contributed by atoms with van der Waals surface area (Å²) in [6, 6.07) is 6.34. The zero-order chi connectivity index (χ0) is 17.3. The molecular weight excluding hydrogens is 332 g/mol. The lowest BCUT2D eigenvalue weighted by Crippen LogP contribution is -2.36. The van der Waals surface area contributed by atoms with E-state index in [1.54, 1.807) is 6.26 Å². The van der Waals surface area contributed by atoms with E-state index in [2.05, 4.69) is 30.5 Å². The van der Waals surface area contributed by atoms with Crippen molar-refractivity contribution in [3.05, 3.63) is 30.7 Å². The van der Waals surface area contributed by atoms with Crippen LogP contribution in [-0.4, -0.2) is 47.3 Å². The molecule has 2 N–H and O–H groups in total. The zero-order valence-electron chi connectivity index (χ0n) is 14.3. The van der Waals surface area contributed by atoms with Gasteiger partial charge in [0.1, 0.15) is 11.3 Å². The first kappa shape index (κ1) is 15.4. The molecular formula is C18H20N6O2. The quantitative estimate of drug-likeness (QED) is 0.725. The highest BCUT2D eigenvalue weighted by Crippen LogP contribution is 2.30. The molecule has 1 saturated heterocycles. The van der Waals surface area contributed by atoms with Crippen LogP contribution in [0.25, 0.3) is 11.1 Å². The molecule has 26 heavy (non-hydrogen) atoms. The van der Waals surface area contributed by atoms with Gasteiger partial charge in [-0.05, 0) is 25.0 Å². The van der Waals surface area contributed by atoms with Crippen molar-refractivity contribution in [2.75, 3.05) is 41.8 Å². The van der Waals surface area contributed by atoms with E-state index in [1.165, 1.54) is 12.8 Å². The second-order valence-corrected chi connectivity index (χ2v) is 6.58. The van der Waals surface area contributed by atoms with Gasteiger partial charge in [-0.25, -0.2) is 9.97 Å². The van der Waals surface area contributed by atoms with E-state index in [4.69, 9.17) is 9.15 Å². The Bertz CT molecular complexity index is 900. The average molecular weight is 352 g/mol. The number of rotatable bonds is 5. The summed E-state index contributed by atoms with van der Waals surface area (Å²) < 4.78 is 10.9. The lowest BCUT2D eigenvalue weighted by Gasteiger charge is -2.27. The van der Waals surface area contributed by atoms with Crippen LogP contribution in [0.4, 0.5) is 23.3 Å². The maximum absolute atomic E-state index is 5.52. The summed E-state index contributed by atoms with van der Waals surface area (Å²) in [7, 11) is 0. The first-order chi connectivity index (χ1) is 12.8. The van der Waals surface area contributed by atoms with Crippen LogP contribution in [0.1, 0.15) is 12.8 Å². The molecule has 1 aliphatic carbocycles. The van der Waals surface area contributed by atoms with E-state index < -0.39 is 0 Å². The number of ether oxygens (including phenoxy) is 1. The molecule has 2 fully saturated rings. The summed E-state index contributed by atoms with van der Waals surface area (Å²) in [5.41, 5.74) is 2.33. The van der Waals surface area contributed by atoms with E-state index in [-0.39, 0.29) is 0 Å². The minimum atomic E-state index is 0.487. The van der Waals surface area contributed by atoms with Crippen molar-refractivity contribution in [2.24, 2.45) is 0 Å². The normalized spacial score (nSPS) is 17.5. The molecule has 1 aliphatic heterocycles. The van der Waals surface area contributed by atoms with E-state index >= 15 is 0 Å². The molecule has 0 bridgehead atoms. The molecule has 0 aromatic carbocycles. The van der Waals surface area contributed by atoms with Gasteiger partial charge in [0.2, 0.25) is 5.95 Å². The van der Waals surface area contributed by atoms with Gasteiger partial charge in [0.15, 0.2) is 11.4 Å². The van der Waals surface area contributed by atoms with Crippen LogP contribution in [0, 0.1) is 0 Å². The van der Waals surface area contributed by atoms with Crippen molar-refractivity contribution >= 4 is 34.4 Å². The Balaban J connectivity index is 1.36. The van der Waals surface area contributed by atoms with Gasteiger partial charge in [-0.15, -0.1) is 0 Å². The Morgan fingerprint density at radius 3 is 2.73 bits per heavy atom.